The van der Waals surface area contributed by atoms with Gasteiger partial charge in [0, 0.05) is 37.4 Å². The van der Waals surface area contributed by atoms with Crippen molar-refractivity contribution in [2.75, 3.05) is 31.1 Å². The van der Waals surface area contributed by atoms with Crippen molar-refractivity contribution in [3.8, 4) is 0 Å². The van der Waals surface area contributed by atoms with Crippen LogP contribution in [0.15, 0.2) is 30.3 Å². The Labute approximate surface area is 129 Å². The van der Waals surface area contributed by atoms with E-state index in [0.717, 1.165) is 26.2 Å². The number of anilines is 1. The number of nitrogens with one attached hydrogen (secondary N) is 1. The number of piperazine rings is 1. The molecule has 0 bridgehead atoms. The molecule has 0 saturated carbocycles. The van der Waals surface area contributed by atoms with Crippen LogP contribution in [0, 0.1) is 10.8 Å². The Morgan fingerprint density at radius 3 is 2.29 bits per heavy atom. The topological polar surface area (TPSA) is 15.3 Å². The summed E-state index contributed by atoms with van der Waals surface area (Å²) in [6.07, 6.45) is 3.68. The fraction of sp³-hybridized carbons (Fsp3) is 0.579. The van der Waals surface area contributed by atoms with Crippen molar-refractivity contribution in [3.05, 3.63) is 35.9 Å². The fourth-order valence-corrected chi connectivity index (χ4v) is 3.49. The van der Waals surface area contributed by atoms with E-state index >= 15 is 0 Å². The zero-order chi connectivity index (χ0) is 15.1. The fourth-order valence-electron chi connectivity index (χ4n) is 3.49. The molecule has 1 aliphatic heterocycles. The quantitative estimate of drug-likeness (QED) is 0.885. The van der Waals surface area contributed by atoms with Crippen LogP contribution in [0.2, 0.25) is 0 Å². The molecule has 0 spiro atoms. The monoisotopic (exact) mass is 284 g/mol. The molecule has 114 valence electrons. The van der Waals surface area contributed by atoms with E-state index in [2.05, 4.69) is 68.3 Å². The highest BCUT2D eigenvalue weighted by Crippen LogP contribution is 2.54. The van der Waals surface area contributed by atoms with Crippen LogP contribution in [0.25, 0.3) is 5.57 Å². The number of para-hydroxylation sites is 1. The Balaban J connectivity index is 1.97. The third-order valence-corrected chi connectivity index (χ3v) is 5.62. The summed E-state index contributed by atoms with van der Waals surface area (Å²) in [6, 6.07) is 8.95. The van der Waals surface area contributed by atoms with Crippen LogP contribution < -0.4 is 10.2 Å². The van der Waals surface area contributed by atoms with Gasteiger partial charge in [0.1, 0.15) is 0 Å². The number of hydrogen-bond donors (Lipinski definition) is 1. The zero-order valence-corrected chi connectivity index (χ0v) is 13.9. The molecule has 0 amide bonds. The second-order valence-electron chi connectivity index (χ2n) is 7.71. The third-order valence-electron chi connectivity index (χ3n) is 5.62. The Bertz CT molecular complexity index is 548. The Hall–Kier alpha value is -1.28. The van der Waals surface area contributed by atoms with Gasteiger partial charge in [-0.3, -0.25) is 0 Å². The summed E-state index contributed by atoms with van der Waals surface area (Å²) in [4.78, 5) is 2.53. The number of hydrogen-bond acceptors (Lipinski definition) is 2. The smallest absolute Gasteiger partial charge is 0.0443 e. The molecule has 1 N–H and O–H groups in total. The lowest BCUT2D eigenvalue weighted by atomic mass is 9.70. The van der Waals surface area contributed by atoms with E-state index in [9.17, 15) is 0 Å². The van der Waals surface area contributed by atoms with E-state index in [-0.39, 0.29) is 5.41 Å². The molecule has 2 nitrogen and oxygen atoms in total. The van der Waals surface area contributed by atoms with Crippen molar-refractivity contribution in [2.45, 2.75) is 34.1 Å². The van der Waals surface area contributed by atoms with Crippen molar-refractivity contribution in [1.82, 2.24) is 5.32 Å². The molecule has 0 radical (unpaired) electrons. The predicted octanol–water partition coefficient (Wildman–Crippen LogP) is 3.94. The lowest BCUT2D eigenvalue weighted by Gasteiger charge is -2.34. The van der Waals surface area contributed by atoms with Crippen molar-refractivity contribution < 1.29 is 0 Å². The third kappa shape index (κ3) is 2.62. The molecule has 2 heteroatoms. The Kier molecular flexibility index (Phi) is 3.61. The van der Waals surface area contributed by atoms with Crippen LogP contribution in [-0.4, -0.2) is 26.2 Å². The first kappa shape index (κ1) is 14.6. The molecule has 0 atom stereocenters. The largest absolute Gasteiger partial charge is 0.368 e. The van der Waals surface area contributed by atoms with Crippen molar-refractivity contribution >= 4 is 11.3 Å². The van der Waals surface area contributed by atoms with Gasteiger partial charge in [-0.15, -0.1) is 0 Å². The number of nitrogens with zero attached hydrogens (tertiary/aromatic N) is 1. The first-order valence-corrected chi connectivity index (χ1v) is 8.17. The van der Waals surface area contributed by atoms with Crippen LogP contribution in [-0.2, 0) is 0 Å². The second kappa shape index (κ2) is 5.17. The highest BCUT2D eigenvalue weighted by molar-refractivity contribution is 5.79. The van der Waals surface area contributed by atoms with Crippen molar-refractivity contribution in [2.24, 2.45) is 10.8 Å². The van der Waals surface area contributed by atoms with Gasteiger partial charge in [-0.05, 0) is 28.9 Å². The molecule has 1 heterocycles. The molecule has 1 aliphatic carbocycles. The molecular weight excluding hydrogens is 256 g/mol. The lowest BCUT2D eigenvalue weighted by molar-refractivity contribution is 0.191. The predicted molar refractivity (Wildman–Crippen MR) is 91.7 cm³/mol. The molecule has 1 saturated heterocycles. The molecule has 21 heavy (non-hydrogen) atoms. The van der Waals surface area contributed by atoms with Gasteiger partial charge in [0.05, 0.1) is 0 Å². The summed E-state index contributed by atoms with van der Waals surface area (Å²) >= 11 is 0. The van der Waals surface area contributed by atoms with Crippen LogP contribution in [0.3, 0.4) is 0 Å². The van der Waals surface area contributed by atoms with Gasteiger partial charge in [-0.2, -0.15) is 0 Å². The molecular formula is C19H28N2. The maximum absolute atomic E-state index is 3.44. The second-order valence-corrected chi connectivity index (χ2v) is 7.71. The Morgan fingerprint density at radius 2 is 1.67 bits per heavy atom. The highest BCUT2D eigenvalue weighted by atomic mass is 15.2. The molecule has 2 aliphatic rings. The van der Waals surface area contributed by atoms with Crippen LogP contribution in [0.5, 0.6) is 0 Å². The van der Waals surface area contributed by atoms with Gasteiger partial charge in [0.25, 0.3) is 0 Å². The first-order valence-electron chi connectivity index (χ1n) is 8.17. The minimum Gasteiger partial charge on any atom is -0.368 e. The Morgan fingerprint density at radius 1 is 1.00 bits per heavy atom. The van der Waals surface area contributed by atoms with E-state index < -0.39 is 0 Å². The molecule has 1 aromatic rings. The zero-order valence-electron chi connectivity index (χ0n) is 13.9. The van der Waals surface area contributed by atoms with E-state index in [1.807, 2.05) is 0 Å². The van der Waals surface area contributed by atoms with E-state index in [1.54, 1.807) is 0 Å². The van der Waals surface area contributed by atoms with Gasteiger partial charge < -0.3 is 10.2 Å². The first-order chi connectivity index (χ1) is 9.91. The van der Waals surface area contributed by atoms with Gasteiger partial charge >= 0.3 is 0 Å². The number of allylic oxidation sites excluding steroid dienone is 2. The molecule has 1 aromatic carbocycles. The number of rotatable bonds is 2. The van der Waals surface area contributed by atoms with Gasteiger partial charge in [-0.25, -0.2) is 0 Å². The minimum atomic E-state index is 0.263. The SMILES string of the molecule is CC1(C)C=C(c2ccccc2N2CCNCC2)CC1(C)C. The number of benzene rings is 1. The van der Waals surface area contributed by atoms with Crippen LogP contribution in [0.4, 0.5) is 5.69 Å². The standard InChI is InChI=1S/C19H28N2/c1-18(2)13-15(14-19(18,3)4)16-7-5-6-8-17(16)21-11-9-20-10-12-21/h5-8,13,20H,9-12,14H2,1-4H3. The molecule has 1 fully saturated rings. The maximum Gasteiger partial charge on any atom is 0.0443 e. The van der Waals surface area contributed by atoms with Gasteiger partial charge in [0.15, 0.2) is 0 Å². The highest BCUT2D eigenvalue weighted by Gasteiger charge is 2.41. The van der Waals surface area contributed by atoms with E-state index in [1.165, 1.54) is 23.2 Å². The minimum absolute atomic E-state index is 0.263. The summed E-state index contributed by atoms with van der Waals surface area (Å²) in [6.45, 7) is 13.9. The average Bonchev–Trinajstić information content (AvgIpc) is 2.68. The van der Waals surface area contributed by atoms with Crippen molar-refractivity contribution in [1.29, 1.82) is 0 Å². The maximum atomic E-state index is 3.44. The normalized spacial score (nSPS) is 24.0. The summed E-state index contributed by atoms with van der Waals surface area (Å²) in [5.41, 5.74) is 4.98. The lowest BCUT2D eigenvalue weighted by Crippen LogP contribution is -2.43. The van der Waals surface area contributed by atoms with Crippen molar-refractivity contribution in [3.63, 3.8) is 0 Å². The molecule has 0 aromatic heterocycles. The van der Waals surface area contributed by atoms with E-state index in [0.29, 0.717) is 5.41 Å². The molecule has 3 rings (SSSR count). The van der Waals surface area contributed by atoms with Crippen LogP contribution in [0.1, 0.15) is 39.7 Å². The van der Waals surface area contributed by atoms with Gasteiger partial charge in [0.2, 0.25) is 0 Å². The summed E-state index contributed by atoms with van der Waals surface area (Å²) in [7, 11) is 0. The summed E-state index contributed by atoms with van der Waals surface area (Å²) in [5, 5.41) is 3.44. The summed E-state index contributed by atoms with van der Waals surface area (Å²) in [5.74, 6) is 0. The van der Waals surface area contributed by atoms with E-state index in [4.69, 9.17) is 0 Å². The summed E-state index contributed by atoms with van der Waals surface area (Å²) < 4.78 is 0. The average molecular weight is 284 g/mol. The van der Waals surface area contributed by atoms with Gasteiger partial charge in [-0.1, -0.05) is 52.0 Å². The van der Waals surface area contributed by atoms with Crippen LogP contribution >= 0.6 is 0 Å². The molecule has 0 unspecified atom stereocenters.